The lowest BCUT2D eigenvalue weighted by molar-refractivity contribution is -0.126. The fourth-order valence-corrected chi connectivity index (χ4v) is 5.49. The maximum absolute atomic E-state index is 13.0. The number of amides is 3. The number of carbonyl (C=O) groups excluding carboxylic acids is 3. The number of aliphatic hydroxyl groups excluding tert-OH is 1. The molecule has 2 rings (SSSR count). The molecule has 35 heavy (non-hydrogen) atoms. The minimum absolute atomic E-state index is 0.00101. The van der Waals surface area contributed by atoms with Crippen LogP contribution in [-0.4, -0.2) is 66.2 Å². The van der Waals surface area contributed by atoms with Crippen molar-refractivity contribution in [2.45, 2.75) is 102 Å². The Morgan fingerprint density at radius 3 is 2.31 bits per heavy atom. The summed E-state index contributed by atoms with van der Waals surface area (Å²) in [6.07, 6.45) is 5.32. The molecule has 0 aromatic heterocycles. The number of hydrogen-bond donors (Lipinski definition) is 5. The van der Waals surface area contributed by atoms with Crippen LogP contribution in [0.2, 0.25) is 0 Å². The Morgan fingerprint density at radius 1 is 1.14 bits per heavy atom. The van der Waals surface area contributed by atoms with Gasteiger partial charge in [0.1, 0.15) is 12.1 Å². The van der Waals surface area contributed by atoms with Crippen molar-refractivity contribution in [2.24, 2.45) is 17.8 Å². The highest BCUT2D eigenvalue weighted by molar-refractivity contribution is 7.86. The van der Waals surface area contributed by atoms with Gasteiger partial charge in [-0.2, -0.15) is 8.42 Å². The summed E-state index contributed by atoms with van der Waals surface area (Å²) in [5, 5.41) is 17.8. The Kier molecular flexibility index (Phi) is 11.2. The molecule has 2 aliphatic rings. The molecule has 5 N–H and O–H groups in total. The molecule has 1 aliphatic carbocycles. The third kappa shape index (κ3) is 9.57. The van der Waals surface area contributed by atoms with E-state index in [2.05, 4.69) is 22.9 Å². The van der Waals surface area contributed by atoms with Crippen LogP contribution in [-0.2, 0) is 24.4 Å². The lowest BCUT2D eigenvalue weighted by atomic mass is 9.85. The van der Waals surface area contributed by atoms with Gasteiger partial charge in [-0.25, -0.2) is 4.79 Å². The van der Waals surface area contributed by atoms with Crippen LogP contribution in [0.1, 0.15) is 78.6 Å². The van der Waals surface area contributed by atoms with E-state index in [1.165, 1.54) is 0 Å². The Labute approximate surface area is 207 Å². The highest BCUT2D eigenvalue weighted by atomic mass is 32.2. The van der Waals surface area contributed by atoms with Gasteiger partial charge in [0.05, 0.1) is 6.04 Å². The first-order valence-electron chi connectivity index (χ1n) is 12.6. The molecule has 0 aromatic carbocycles. The van der Waals surface area contributed by atoms with Gasteiger partial charge in [0.25, 0.3) is 10.1 Å². The number of alkyl carbamates (subject to hydrolysis) is 1. The van der Waals surface area contributed by atoms with Crippen LogP contribution in [0.3, 0.4) is 0 Å². The number of hydrogen-bond acceptors (Lipinski definition) is 7. The predicted molar refractivity (Wildman–Crippen MR) is 129 cm³/mol. The molecule has 0 spiro atoms. The molecule has 11 nitrogen and oxygen atoms in total. The highest BCUT2D eigenvalue weighted by Crippen LogP contribution is 2.29. The lowest BCUT2D eigenvalue weighted by Crippen LogP contribution is -2.55. The van der Waals surface area contributed by atoms with Crippen molar-refractivity contribution in [2.75, 3.05) is 6.54 Å². The maximum Gasteiger partial charge on any atom is 0.408 e. The SMILES string of the molecule is CCCC1CCC(OC(=O)NC(CC(C)C)C(=O)N[C@@H](CC2CCNC2=O)C(O)S(=O)(=O)O)CC1. The van der Waals surface area contributed by atoms with E-state index in [1.807, 2.05) is 13.8 Å². The van der Waals surface area contributed by atoms with Crippen LogP contribution in [0, 0.1) is 17.8 Å². The van der Waals surface area contributed by atoms with Crippen LogP contribution >= 0.6 is 0 Å². The Hall–Kier alpha value is -1.92. The van der Waals surface area contributed by atoms with Gasteiger partial charge in [-0.15, -0.1) is 0 Å². The van der Waals surface area contributed by atoms with Crippen LogP contribution < -0.4 is 16.0 Å². The lowest BCUT2D eigenvalue weighted by Gasteiger charge is -2.30. The number of ether oxygens (including phenoxy) is 1. The quantitative estimate of drug-likeness (QED) is 0.242. The molecular formula is C23H41N3O8S. The number of nitrogens with one attached hydrogen (secondary N) is 3. The van der Waals surface area contributed by atoms with Gasteiger partial charge in [0.2, 0.25) is 17.3 Å². The Balaban J connectivity index is 2.03. The smallest absolute Gasteiger partial charge is 0.408 e. The topological polar surface area (TPSA) is 171 Å². The first-order valence-corrected chi connectivity index (χ1v) is 14.1. The summed E-state index contributed by atoms with van der Waals surface area (Å²) in [4.78, 5) is 37.6. The minimum Gasteiger partial charge on any atom is -0.446 e. The van der Waals surface area contributed by atoms with Crippen molar-refractivity contribution in [3.8, 4) is 0 Å². The molecule has 0 radical (unpaired) electrons. The van der Waals surface area contributed by atoms with Crippen LogP contribution in [0.5, 0.6) is 0 Å². The van der Waals surface area contributed by atoms with Crippen molar-refractivity contribution in [1.82, 2.24) is 16.0 Å². The van der Waals surface area contributed by atoms with E-state index in [9.17, 15) is 32.5 Å². The zero-order chi connectivity index (χ0) is 26.2. The molecular weight excluding hydrogens is 478 g/mol. The van der Waals surface area contributed by atoms with Gasteiger partial charge in [0.15, 0.2) is 0 Å². The second kappa shape index (κ2) is 13.4. The second-order valence-electron chi connectivity index (χ2n) is 10.2. The third-order valence-electron chi connectivity index (χ3n) is 6.76. The van der Waals surface area contributed by atoms with E-state index >= 15 is 0 Å². The van der Waals surface area contributed by atoms with Gasteiger partial charge >= 0.3 is 6.09 Å². The zero-order valence-electron chi connectivity index (χ0n) is 20.9. The first kappa shape index (κ1) is 29.3. The van der Waals surface area contributed by atoms with Crippen molar-refractivity contribution >= 4 is 28.0 Å². The van der Waals surface area contributed by atoms with Crippen LogP contribution in [0.4, 0.5) is 4.79 Å². The molecule has 1 saturated heterocycles. The van der Waals surface area contributed by atoms with E-state index in [0.717, 1.165) is 38.5 Å². The standard InChI is InChI=1S/C23H41N3O8S/c1-4-5-15-6-8-17(9-7-15)34-23(30)26-18(12-14(2)3)21(28)25-19(22(29)35(31,32)33)13-16-10-11-24-20(16)27/h14-19,22,29H,4-13H2,1-3H3,(H,24,27)(H,25,28)(H,26,30)(H,31,32,33)/t15?,16?,17?,18?,19-,22?/m0/s1. The molecule has 2 fully saturated rings. The summed E-state index contributed by atoms with van der Waals surface area (Å²) < 4.78 is 38.1. The molecule has 1 aliphatic heterocycles. The summed E-state index contributed by atoms with van der Waals surface area (Å²) in [6, 6.07) is -2.49. The van der Waals surface area contributed by atoms with Gasteiger partial charge in [-0.05, 0) is 56.8 Å². The highest BCUT2D eigenvalue weighted by Gasteiger charge is 2.38. The minimum atomic E-state index is -4.91. The molecule has 12 heteroatoms. The molecule has 4 atom stereocenters. The summed E-state index contributed by atoms with van der Waals surface area (Å²) in [5.41, 5.74) is -2.31. The molecule has 3 unspecified atom stereocenters. The molecule has 202 valence electrons. The van der Waals surface area contributed by atoms with Crippen LogP contribution in [0.15, 0.2) is 0 Å². The van der Waals surface area contributed by atoms with Crippen molar-refractivity contribution in [3.63, 3.8) is 0 Å². The normalized spacial score (nSPS) is 25.4. The number of aliphatic hydroxyl groups is 1. The molecule has 0 bridgehead atoms. The second-order valence-corrected chi connectivity index (χ2v) is 11.7. The van der Waals surface area contributed by atoms with Gasteiger partial charge in [-0.3, -0.25) is 14.1 Å². The van der Waals surface area contributed by atoms with Crippen LogP contribution in [0.25, 0.3) is 0 Å². The molecule has 1 heterocycles. The Morgan fingerprint density at radius 2 is 1.80 bits per heavy atom. The average Bonchev–Trinajstić information content (AvgIpc) is 3.17. The number of carbonyl (C=O) groups is 3. The number of rotatable bonds is 12. The largest absolute Gasteiger partial charge is 0.446 e. The van der Waals surface area contributed by atoms with Gasteiger partial charge in [0, 0.05) is 12.5 Å². The van der Waals surface area contributed by atoms with E-state index in [-0.39, 0.29) is 30.8 Å². The summed E-state index contributed by atoms with van der Waals surface area (Å²) >= 11 is 0. The van der Waals surface area contributed by atoms with E-state index in [1.54, 1.807) is 0 Å². The summed E-state index contributed by atoms with van der Waals surface area (Å²) in [5.74, 6) is -1.02. The Bertz CT molecular complexity index is 827. The third-order valence-corrected chi connectivity index (χ3v) is 7.70. The monoisotopic (exact) mass is 519 g/mol. The van der Waals surface area contributed by atoms with E-state index in [0.29, 0.717) is 18.9 Å². The summed E-state index contributed by atoms with van der Waals surface area (Å²) in [6.45, 7) is 6.26. The fourth-order valence-electron chi connectivity index (χ4n) is 4.89. The van der Waals surface area contributed by atoms with Crippen molar-refractivity contribution in [1.29, 1.82) is 0 Å². The van der Waals surface area contributed by atoms with E-state index < -0.39 is 45.6 Å². The van der Waals surface area contributed by atoms with Gasteiger partial charge in [-0.1, -0.05) is 33.6 Å². The van der Waals surface area contributed by atoms with Crippen molar-refractivity contribution < 1.29 is 37.2 Å². The molecule has 1 saturated carbocycles. The molecule has 0 aromatic rings. The molecule has 3 amide bonds. The fraction of sp³-hybridized carbons (Fsp3) is 0.870. The average molecular weight is 520 g/mol. The zero-order valence-corrected chi connectivity index (χ0v) is 21.7. The van der Waals surface area contributed by atoms with Crippen molar-refractivity contribution in [3.05, 3.63) is 0 Å². The first-order chi connectivity index (χ1) is 16.4. The predicted octanol–water partition coefficient (Wildman–Crippen LogP) is 1.70. The maximum atomic E-state index is 13.0. The van der Waals surface area contributed by atoms with Gasteiger partial charge < -0.3 is 25.8 Å². The summed E-state index contributed by atoms with van der Waals surface area (Å²) in [7, 11) is -4.91. The van der Waals surface area contributed by atoms with E-state index in [4.69, 9.17) is 4.74 Å².